The van der Waals surface area contributed by atoms with Crippen LogP contribution in [-0.4, -0.2) is 55.5 Å². The van der Waals surface area contributed by atoms with Crippen LogP contribution in [0.1, 0.15) is 30.6 Å². The highest BCUT2D eigenvalue weighted by molar-refractivity contribution is 5.96. The second-order valence-electron chi connectivity index (χ2n) is 6.50. The van der Waals surface area contributed by atoms with Crippen LogP contribution in [0.2, 0.25) is 0 Å². The van der Waals surface area contributed by atoms with Gasteiger partial charge in [0.25, 0.3) is 0 Å². The van der Waals surface area contributed by atoms with Gasteiger partial charge in [-0.25, -0.2) is 4.68 Å². The molecule has 0 amide bonds. The molecule has 7 heteroatoms. The molecule has 1 heterocycles. The number of rotatable bonds is 8. The summed E-state index contributed by atoms with van der Waals surface area (Å²) in [6.07, 6.45) is 2.22. The Labute approximate surface area is 163 Å². The monoisotopic (exact) mass is 380 g/mol. The molecule has 3 aromatic rings. The molecule has 0 aliphatic carbocycles. The maximum Gasteiger partial charge on any atom is 0.164 e. The van der Waals surface area contributed by atoms with Gasteiger partial charge in [-0.3, -0.25) is 4.79 Å². The fraction of sp³-hybridized carbons (Fsp3) is 0.286. The Morgan fingerprint density at radius 1 is 1.04 bits per heavy atom. The SMILES string of the molecule is CCN(CC)CCC(=O)c1ccc(-n2cc(-c3ccc(O)c(O)c3)nn2)cc1. The van der Waals surface area contributed by atoms with E-state index in [1.807, 2.05) is 12.1 Å². The van der Waals surface area contributed by atoms with E-state index in [2.05, 4.69) is 29.1 Å². The lowest BCUT2D eigenvalue weighted by molar-refractivity contribution is 0.0966. The van der Waals surface area contributed by atoms with Gasteiger partial charge in [0.1, 0.15) is 5.69 Å². The normalized spacial score (nSPS) is 11.1. The van der Waals surface area contributed by atoms with Crippen LogP contribution in [0.15, 0.2) is 48.7 Å². The van der Waals surface area contributed by atoms with E-state index >= 15 is 0 Å². The maximum atomic E-state index is 12.4. The molecule has 0 radical (unpaired) electrons. The van der Waals surface area contributed by atoms with E-state index in [4.69, 9.17) is 0 Å². The Morgan fingerprint density at radius 3 is 2.39 bits per heavy atom. The van der Waals surface area contributed by atoms with Crippen LogP contribution < -0.4 is 0 Å². The molecule has 2 N–H and O–H groups in total. The molecule has 28 heavy (non-hydrogen) atoms. The Bertz CT molecular complexity index is 947. The topological polar surface area (TPSA) is 91.5 Å². The predicted octanol–water partition coefficient (Wildman–Crippen LogP) is 3.26. The van der Waals surface area contributed by atoms with Crippen molar-refractivity contribution >= 4 is 5.78 Å². The number of carbonyl (C=O) groups is 1. The van der Waals surface area contributed by atoms with Gasteiger partial charge < -0.3 is 15.1 Å². The second-order valence-corrected chi connectivity index (χ2v) is 6.50. The molecule has 0 atom stereocenters. The zero-order chi connectivity index (χ0) is 20.1. The number of nitrogens with zero attached hydrogens (tertiary/aromatic N) is 4. The number of carbonyl (C=O) groups excluding carboxylic acids is 1. The molecule has 0 aliphatic rings. The van der Waals surface area contributed by atoms with Crippen LogP contribution in [-0.2, 0) is 0 Å². The minimum atomic E-state index is -0.209. The summed E-state index contributed by atoms with van der Waals surface area (Å²) in [5, 5.41) is 27.3. The van der Waals surface area contributed by atoms with Crippen LogP contribution >= 0.6 is 0 Å². The molecule has 3 rings (SSSR count). The van der Waals surface area contributed by atoms with E-state index in [1.165, 1.54) is 12.1 Å². The standard InChI is InChI=1S/C21H24N4O3/c1-3-24(4-2)12-11-19(26)15-5-8-17(9-6-15)25-14-18(22-23-25)16-7-10-20(27)21(28)13-16/h5-10,13-14,27-28H,3-4,11-12H2,1-2H3. The van der Waals surface area contributed by atoms with Gasteiger partial charge in [0.05, 0.1) is 11.9 Å². The summed E-state index contributed by atoms with van der Waals surface area (Å²) in [4.78, 5) is 14.6. The number of aromatic hydroxyl groups is 2. The first kappa shape index (κ1) is 19.6. The molecule has 0 aliphatic heterocycles. The molecular formula is C21H24N4O3. The number of hydrogen-bond acceptors (Lipinski definition) is 6. The van der Waals surface area contributed by atoms with E-state index < -0.39 is 0 Å². The molecule has 1 aromatic heterocycles. The number of hydrogen-bond donors (Lipinski definition) is 2. The van der Waals surface area contributed by atoms with E-state index in [0.29, 0.717) is 23.2 Å². The van der Waals surface area contributed by atoms with Crippen LogP contribution in [0.4, 0.5) is 0 Å². The number of aromatic nitrogens is 3. The van der Waals surface area contributed by atoms with E-state index in [-0.39, 0.29) is 17.3 Å². The smallest absolute Gasteiger partial charge is 0.164 e. The Morgan fingerprint density at radius 2 is 1.75 bits per heavy atom. The summed E-state index contributed by atoms with van der Waals surface area (Å²) in [7, 11) is 0. The van der Waals surface area contributed by atoms with Gasteiger partial charge in [-0.15, -0.1) is 5.10 Å². The number of ketones is 1. The Balaban J connectivity index is 1.71. The molecular weight excluding hydrogens is 356 g/mol. The first-order valence-electron chi connectivity index (χ1n) is 9.32. The van der Waals surface area contributed by atoms with Crippen molar-refractivity contribution in [1.29, 1.82) is 0 Å². The maximum absolute atomic E-state index is 12.4. The van der Waals surface area contributed by atoms with Gasteiger partial charge in [-0.05, 0) is 55.6 Å². The van der Waals surface area contributed by atoms with Gasteiger partial charge in [0.2, 0.25) is 0 Å². The van der Waals surface area contributed by atoms with Crippen molar-refractivity contribution < 1.29 is 15.0 Å². The van der Waals surface area contributed by atoms with Crippen molar-refractivity contribution in [3.8, 4) is 28.4 Å². The van der Waals surface area contributed by atoms with Crippen LogP contribution in [0.3, 0.4) is 0 Å². The van der Waals surface area contributed by atoms with Gasteiger partial charge >= 0.3 is 0 Å². The third kappa shape index (κ3) is 4.37. The van der Waals surface area contributed by atoms with Crippen molar-refractivity contribution in [2.24, 2.45) is 0 Å². The van der Waals surface area contributed by atoms with Crippen molar-refractivity contribution in [1.82, 2.24) is 19.9 Å². The average molecular weight is 380 g/mol. The lowest BCUT2D eigenvalue weighted by Gasteiger charge is -2.17. The number of phenols is 2. The fourth-order valence-corrected chi connectivity index (χ4v) is 2.95. The van der Waals surface area contributed by atoms with Gasteiger partial charge in [-0.2, -0.15) is 0 Å². The number of phenolic OH excluding ortho intramolecular Hbond substituents is 2. The average Bonchev–Trinajstić information content (AvgIpc) is 3.21. The highest BCUT2D eigenvalue weighted by Crippen LogP contribution is 2.29. The van der Waals surface area contributed by atoms with Crippen LogP contribution in [0, 0.1) is 0 Å². The number of Topliss-reactive ketones (excluding diaryl/α,β-unsaturated/α-hetero) is 1. The Kier molecular flexibility index (Phi) is 6.06. The highest BCUT2D eigenvalue weighted by Gasteiger charge is 2.11. The second kappa shape index (κ2) is 8.67. The molecule has 0 unspecified atom stereocenters. The van der Waals surface area contributed by atoms with Crippen molar-refractivity contribution in [3.63, 3.8) is 0 Å². The minimum absolute atomic E-state index is 0.122. The van der Waals surface area contributed by atoms with E-state index in [0.717, 1.165) is 25.3 Å². The fourth-order valence-electron chi connectivity index (χ4n) is 2.95. The Hall–Kier alpha value is -3.19. The molecule has 0 saturated heterocycles. The van der Waals surface area contributed by atoms with Gasteiger partial charge in [0.15, 0.2) is 17.3 Å². The van der Waals surface area contributed by atoms with E-state index in [9.17, 15) is 15.0 Å². The predicted molar refractivity (Wildman–Crippen MR) is 107 cm³/mol. The van der Waals surface area contributed by atoms with Gasteiger partial charge in [-0.1, -0.05) is 19.1 Å². The third-order valence-electron chi connectivity index (χ3n) is 4.77. The molecule has 0 spiro atoms. The third-order valence-corrected chi connectivity index (χ3v) is 4.77. The molecule has 146 valence electrons. The summed E-state index contributed by atoms with van der Waals surface area (Å²) < 4.78 is 1.60. The van der Waals surface area contributed by atoms with Crippen LogP contribution in [0.25, 0.3) is 16.9 Å². The lowest BCUT2D eigenvalue weighted by Crippen LogP contribution is -2.25. The molecule has 0 saturated carbocycles. The van der Waals surface area contributed by atoms with Crippen LogP contribution in [0.5, 0.6) is 11.5 Å². The first-order chi connectivity index (χ1) is 13.5. The summed E-state index contributed by atoms with van der Waals surface area (Å²) in [6.45, 7) is 6.83. The zero-order valence-corrected chi connectivity index (χ0v) is 16.0. The summed E-state index contributed by atoms with van der Waals surface area (Å²) >= 11 is 0. The highest BCUT2D eigenvalue weighted by atomic mass is 16.3. The number of benzene rings is 2. The zero-order valence-electron chi connectivity index (χ0n) is 16.0. The molecule has 2 aromatic carbocycles. The minimum Gasteiger partial charge on any atom is -0.504 e. The van der Waals surface area contributed by atoms with Gasteiger partial charge in [0, 0.05) is 24.1 Å². The quantitative estimate of drug-likeness (QED) is 0.460. The summed E-state index contributed by atoms with van der Waals surface area (Å²) in [5.41, 5.74) is 2.67. The lowest BCUT2D eigenvalue weighted by atomic mass is 10.1. The first-order valence-corrected chi connectivity index (χ1v) is 9.32. The largest absolute Gasteiger partial charge is 0.504 e. The van der Waals surface area contributed by atoms with Crippen molar-refractivity contribution in [2.45, 2.75) is 20.3 Å². The van der Waals surface area contributed by atoms with Crippen molar-refractivity contribution in [2.75, 3.05) is 19.6 Å². The summed E-state index contributed by atoms with van der Waals surface area (Å²) in [6, 6.07) is 11.8. The summed E-state index contributed by atoms with van der Waals surface area (Å²) in [5.74, 6) is -0.269. The molecule has 7 nitrogen and oxygen atoms in total. The van der Waals surface area contributed by atoms with Crippen molar-refractivity contribution in [3.05, 3.63) is 54.2 Å². The molecule has 0 bridgehead atoms. The van der Waals surface area contributed by atoms with E-state index in [1.54, 1.807) is 29.1 Å². The molecule has 0 fully saturated rings.